The van der Waals surface area contributed by atoms with Crippen molar-refractivity contribution in [1.82, 2.24) is 4.90 Å². The fourth-order valence-electron chi connectivity index (χ4n) is 3.03. The van der Waals surface area contributed by atoms with Gasteiger partial charge in [0.2, 0.25) is 5.91 Å². The summed E-state index contributed by atoms with van der Waals surface area (Å²) in [7, 11) is 0. The monoisotopic (exact) mass is 404 g/mol. The largest absolute Gasteiger partial charge is 0.460 e. The molecule has 1 saturated heterocycles. The van der Waals surface area contributed by atoms with Crippen molar-refractivity contribution in [3.8, 4) is 0 Å². The van der Waals surface area contributed by atoms with Crippen molar-refractivity contribution in [3.63, 3.8) is 0 Å². The Bertz CT molecular complexity index is 705. The summed E-state index contributed by atoms with van der Waals surface area (Å²) in [6.07, 6.45) is 1.31. The lowest BCUT2D eigenvalue weighted by molar-refractivity contribution is -0.155. The maximum absolute atomic E-state index is 12.5. The molecule has 1 aliphatic rings. The first-order valence-electron chi connectivity index (χ1n) is 10.2. The van der Waals surface area contributed by atoms with Crippen molar-refractivity contribution in [2.45, 2.75) is 52.1 Å². The maximum atomic E-state index is 12.5. The molecule has 0 bridgehead atoms. The van der Waals surface area contributed by atoms with Gasteiger partial charge in [0.15, 0.2) is 5.78 Å². The van der Waals surface area contributed by atoms with Crippen molar-refractivity contribution in [2.24, 2.45) is 0 Å². The summed E-state index contributed by atoms with van der Waals surface area (Å²) in [5.74, 6) is -0.632. The lowest BCUT2D eigenvalue weighted by Gasteiger charge is -2.26. The molecule has 1 amide bonds. The first-order chi connectivity index (χ1) is 13.7. The zero-order valence-corrected chi connectivity index (χ0v) is 17.7. The summed E-state index contributed by atoms with van der Waals surface area (Å²) in [6, 6.07) is 6.92. The van der Waals surface area contributed by atoms with Crippen molar-refractivity contribution in [2.75, 3.05) is 38.2 Å². The number of ketones is 1. The van der Waals surface area contributed by atoms with E-state index in [9.17, 15) is 14.4 Å². The van der Waals surface area contributed by atoms with Crippen LogP contribution in [0.3, 0.4) is 0 Å². The van der Waals surface area contributed by atoms with Gasteiger partial charge in [0.25, 0.3) is 0 Å². The number of amides is 1. The standard InChI is InChI=1S/C22H32N2O5/c1-22(2,3)29-21(27)10-9-20(26)23-18-7-4-6-17(16-18)19(25)8-5-11-24-12-14-28-15-13-24/h4,6-7,16H,5,8-15H2,1-3H3,(H,23,26). The van der Waals surface area contributed by atoms with Gasteiger partial charge in [-0.1, -0.05) is 12.1 Å². The zero-order chi connectivity index (χ0) is 21.3. The number of ether oxygens (including phenoxy) is 2. The quantitative estimate of drug-likeness (QED) is 0.503. The third-order valence-electron chi connectivity index (χ3n) is 4.43. The Morgan fingerprint density at radius 3 is 2.52 bits per heavy atom. The number of hydrogen-bond donors (Lipinski definition) is 1. The van der Waals surface area contributed by atoms with E-state index < -0.39 is 11.6 Å². The molecule has 160 valence electrons. The normalized spacial score (nSPS) is 15.0. The van der Waals surface area contributed by atoms with Crippen LogP contribution in [0.15, 0.2) is 24.3 Å². The highest BCUT2D eigenvalue weighted by Crippen LogP contribution is 2.15. The SMILES string of the molecule is CC(C)(C)OC(=O)CCC(=O)Nc1cccc(C(=O)CCCN2CCOCC2)c1. The second-order valence-electron chi connectivity index (χ2n) is 8.20. The number of esters is 1. The number of nitrogens with zero attached hydrogens (tertiary/aromatic N) is 1. The second-order valence-corrected chi connectivity index (χ2v) is 8.20. The van der Waals surface area contributed by atoms with E-state index in [0.717, 1.165) is 39.3 Å². The van der Waals surface area contributed by atoms with Gasteiger partial charge in [0, 0.05) is 37.2 Å². The topological polar surface area (TPSA) is 84.9 Å². The Morgan fingerprint density at radius 2 is 1.83 bits per heavy atom. The van der Waals surface area contributed by atoms with Crippen LogP contribution < -0.4 is 5.32 Å². The van der Waals surface area contributed by atoms with E-state index in [-0.39, 0.29) is 24.5 Å². The number of benzene rings is 1. The average Bonchev–Trinajstić information content (AvgIpc) is 2.66. The predicted octanol–water partition coefficient (Wildman–Crippen LogP) is 3.04. The number of morpholine rings is 1. The van der Waals surface area contributed by atoms with Crippen LogP contribution in [0.5, 0.6) is 0 Å². The molecule has 7 heteroatoms. The van der Waals surface area contributed by atoms with E-state index in [4.69, 9.17) is 9.47 Å². The fourth-order valence-corrected chi connectivity index (χ4v) is 3.03. The Balaban J connectivity index is 1.76. The van der Waals surface area contributed by atoms with Crippen LogP contribution in [0, 0.1) is 0 Å². The van der Waals surface area contributed by atoms with Crippen LogP contribution in [0.4, 0.5) is 5.69 Å². The number of nitrogens with one attached hydrogen (secondary N) is 1. The second kappa shape index (κ2) is 11.1. The Hall–Kier alpha value is -2.25. The molecule has 1 heterocycles. The highest BCUT2D eigenvalue weighted by atomic mass is 16.6. The number of carbonyl (C=O) groups excluding carboxylic acids is 3. The van der Waals surface area contributed by atoms with Gasteiger partial charge in [-0.25, -0.2) is 0 Å². The summed E-state index contributed by atoms with van der Waals surface area (Å²) < 4.78 is 10.5. The molecule has 1 aromatic carbocycles. The Morgan fingerprint density at radius 1 is 1.10 bits per heavy atom. The van der Waals surface area contributed by atoms with Gasteiger partial charge in [-0.2, -0.15) is 0 Å². The van der Waals surface area contributed by atoms with E-state index in [1.54, 1.807) is 45.0 Å². The van der Waals surface area contributed by atoms with Crippen molar-refractivity contribution in [1.29, 1.82) is 0 Å². The molecular weight excluding hydrogens is 372 g/mol. The van der Waals surface area contributed by atoms with Crippen molar-refractivity contribution < 1.29 is 23.9 Å². The smallest absolute Gasteiger partial charge is 0.306 e. The zero-order valence-electron chi connectivity index (χ0n) is 17.7. The maximum Gasteiger partial charge on any atom is 0.306 e. The lowest BCUT2D eigenvalue weighted by Crippen LogP contribution is -2.36. The lowest BCUT2D eigenvalue weighted by atomic mass is 10.1. The molecule has 0 aromatic heterocycles. The van der Waals surface area contributed by atoms with Crippen LogP contribution >= 0.6 is 0 Å². The molecule has 0 aliphatic carbocycles. The van der Waals surface area contributed by atoms with E-state index in [1.807, 2.05) is 0 Å². The van der Waals surface area contributed by atoms with Crippen LogP contribution in [-0.4, -0.2) is 61.0 Å². The molecule has 0 saturated carbocycles. The Kier molecular flexibility index (Phi) is 8.79. The van der Waals surface area contributed by atoms with Gasteiger partial charge in [-0.3, -0.25) is 19.3 Å². The summed E-state index contributed by atoms with van der Waals surface area (Å²) in [5.41, 5.74) is 0.569. The van der Waals surface area contributed by atoms with E-state index in [1.165, 1.54) is 0 Å². The van der Waals surface area contributed by atoms with Crippen LogP contribution in [0.25, 0.3) is 0 Å². The number of anilines is 1. The summed E-state index contributed by atoms with van der Waals surface area (Å²) in [5, 5.41) is 2.74. The minimum Gasteiger partial charge on any atom is -0.460 e. The molecule has 1 N–H and O–H groups in total. The molecular formula is C22H32N2O5. The first-order valence-corrected chi connectivity index (χ1v) is 10.2. The molecule has 29 heavy (non-hydrogen) atoms. The molecule has 7 nitrogen and oxygen atoms in total. The van der Waals surface area contributed by atoms with E-state index in [2.05, 4.69) is 10.2 Å². The van der Waals surface area contributed by atoms with Gasteiger partial charge in [0.1, 0.15) is 5.60 Å². The van der Waals surface area contributed by atoms with Crippen LogP contribution in [0.1, 0.15) is 56.8 Å². The molecule has 1 aromatic rings. The van der Waals surface area contributed by atoms with Gasteiger partial charge in [-0.15, -0.1) is 0 Å². The number of carbonyl (C=O) groups is 3. The molecule has 1 fully saturated rings. The van der Waals surface area contributed by atoms with Crippen LogP contribution in [-0.2, 0) is 19.1 Å². The van der Waals surface area contributed by atoms with Crippen molar-refractivity contribution in [3.05, 3.63) is 29.8 Å². The van der Waals surface area contributed by atoms with E-state index in [0.29, 0.717) is 17.7 Å². The first kappa shape index (κ1) is 23.0. The highest BCUT2D eigenvalue weighted by Gasteiger charge is 2.17. The predicted molar refractivity (Wildman–Crippen MR) is 111 cm³/mol. The van der Waals surface area contributed by atoms with Gasteiger partial charge in [0.05, 0.1) is 19.6 Å². The summed E-state index contributed by atoms with van der Waals surface area (Å²) >= 11 is 0. The van der Waals surface area contributed by atoms with Gasteiger partial charge >= 0.3 is 5.97 Å². The number of hydrogen-bond acceptors (Lipinski definition) is 6. The summed E-state index contributed by atoms with van der Waals surface area (Å²) in [4.78, 5) is 38.6. The minimum atomic E-state index is -0.565. The van der Waals surface area contributed by atoms with E-state index >= 15 is 0 Å². The molecule has 0 radical (unpaired) electrons. The number of rotatable bonds is 9. The van der Waals surface area contributed by atoms with Crippen molar-refractivity contribution >= 4 is 23.3 Å². The Labute approximate surface area is 172 Å². The third kappa shape index (κ3) is 9.19. The fraction of sp³-hybridized carbons (Fsp3) is 0.591. The molecule has 0 spiro atoms. The summed E-state index contributed by atoms with van der Waals surface area (Å²) in [6.45, 7) is 9.58. The third-order valence-corrected chi connectivity index (χ3v) is 4.43. The average molecular weight is 405 g/mol. The molecule has 0 unspecified atom stereocenters. The van der Waals surface area contributed by atoms with Gasteiger partial charge < -0.3 is 14.8 Å². The molecule has 1 aliphatic heterocycles. The molecule has 0 atom stereocenters. The highest BCUT2D eigenvalue weighted by molar-refractivity contribution is 5.98. The molecule has 2 rings (SSSR count). The number of Topliss-reactive ketones (excluding diaryl/α,β-unsaturated/α-hetero) is 1. The van der Waals surface area contributed by atoms with Gasteiger partial charge in [-0.05, 0) is 45.9 Å². The minimum absolute atomic E-state index is 0.0171. The van der Waals surface area contributed by atoms with Crippen LogP contribution in [0.2, 0.25) is 0 Å².